The molecule has 2 unspecified atom stereocenters. The molecular weight excluding hydrogens is 487 g/mol. The maximum absolute atomic E-state index is 13.2. The summed E-state index contributed by atoms with van der Waals surface area (Å²) in [5, 5.41) is 16.1. The molecule has 0 fully saturated rings. The summed E-state index contributed by atoms with van der Waals surface area (Å²) in [5.74, 6) is 0. The van der Waals surface area contributed by atoms with Gasteiger partial charge < -0.3 is 15.3 Å². The van der Waals surface area contributed by atoms with Crippen molar-refractivity contribution in [1.82, 2.24) is 24.9 Å². The van der Waals surface area contributed by atoms with Crippen LogP contribution in [0.1, 0.15) is 43.7 Å². The van der Waals surface area contributed by atoms with Gasteiger partial charge in [0.15, 0.2) is 4.96 Å². The Morgan fingerprint density at radius 3 is 2.42 bits per heavy atom. The average molecular weight is 520 g/mol. The average Bonchev–Trinajstić information content (AvgIpc) is 3.41. The van der Waals surface area contributed by atoms with Crippen LogP contribution in [0.4, 0.5) is 13.2 Å². The number of fused-ring (bicyclic) bond motifs is 3. The van der Waals surface area contributed by atoms with E-state index in [1.54, 1.807) is 12.1 Å². The van der Waals surface area contributed by atoms with Crippen molar-refractivity contribution in [2.45, 2.75) is 38.7 Å². The van der Waals surface area contributed by atoms with Crippen LogP contribution in [-0.4, -0.2) is 58.8 Å². The number of nitrogens with zero attached hydrogens (tertiary/aromatic N) is 3. The van der Waals surface area contributed by atoms with Crippen LogP contribution in [0, 0.1) is 0 Å². The molecule has 36 heavy (non-hydrogen) atoms. The number of imidazole rings is 1. The maximum atomic E-state index is 13.2. The Bertz CT molecular complexity index is 1280. The number of halogens is 3. The van der Waals surface area contributed by atoms with Crippen LogP contribution in [0.3, 0.4) is 0 Å². The first-order chi connectivity index (χ1) is 17.2. The summed E-state index contributed by atoms with van der Waals surface area (Å²) in [6.45, 7) is 8.07. The lowest BCUT2D eigenvalue weighted by Gasteiger charge is -2.20. The highest BCUT2D eigenvalue weighted by molar-refractivity contribution is 7.23. The first kappa shape index (κ1) is 26.6. The van der Waals surface area contributed by atoms with Gasteiger partial charge in [0.2, 0.25) is 0 Å². The lowest BCUT2D eigenvalue weighted by Crippen LogP contribution is -2.31. The van der Waals surface area contributed by atoms with Gasteiger partial charge in [-0.25, -0.2) is 4.98 Å². The van der Waals surface area contributed by atoms with Gasteiger partial charge >= 0.3 is 6.18 Å². The summed E-state index contributed by atoms with van der Waals surface area (Å²) in [7, 11) is 1.30. The van der Waals surface area contributed by atoms with Gasteiger partial charge in [-0.15, -0.1) is 0 Å². The molecule has 0 aliphatic rings. The largest absolute Gasteiger partial charge is 0.407 e. The van der Waals surface area contributed by atoms with Crippen LogP contribution in [0.5, 0.6) is 0 Å². The number of hydrogen-bond acceptors (Lipinski definition) is 6. The van der Waals surface area contributed by atoms with E-state index in [1.165, 1.54) is 30.5 Å². The van der Waals surface area contributed by atoms with Crippen molar-refractivity contribution >= 4 is 26.5 Å². The molecule has 3 N–H and O–H groups in total. The van der Waals surface area contributed by atoms with Crippen molar-refractivity contribution in [3.63, 3.8) is 0 Å². The van der Waals surface area contributed by atoms with E-state index in [0.29, 0.717) is 5.69 Å². The van der Waals surface area contributed by atoms with E-state index in [1.807, 2.05) is 28.8 Å². The topological polar surface area (TPSA) is 64.8 Å². The van der Waals surface area contributed by atoms with Gasteiger partial charge in [-0.3, -0.25) is 9.72 Å². The molecule has 0 saturated heterocycles. The van der Waals surface area contributed by atoms with Crippen molar-refractivity contribution in [1.29, 1.82) is 0 Å². The Kier molecular flexibility index (Phi) is 8.31. The molecule has 0 bridgehead atoms. The van der Waals surface area contributed by atoms with E-state index >= 15 is 0 Å². The van der Waals surface area contributed by atoms with Gasteiger partial charge in [0.05, 0.1) is 15.9 Å². The predicted octanol–water partition coefficient (Wildman–Crippen LogP) is 5.35. The van der Waals surface area contributed by atoms with Crippen LogP contribution < -0.4 is 10.6 Å². The second-order valence-electron chi connectivity index (χ2n) is 8.73. The summed E-state index contributed by atoms with van der Waals surface area (Å²) in [4.78, 5) is 7.83. The standard InChI is InChI=1S/C26H32F3N5OS/c1-4-33(5-2)14-6-13-31-24(35)19-11-12-21-22(15-19)36-25-32-20(16-34(21)25)17-7-9-18(10-8-17)23(30-3)26(27,28)29/h7-12,15-16,23-24,30-31,35H,4-6,13-14H2,1-3H3. The monoisotopic (exact) mass is 519 g/mol. The zero-order valence-electron chi connectivity index (χ0n) is 20.6. The van der Waals surface area contributed by atoms with Gasteiger partial charge in [-0.05, 0) is 62.9 Å². The number of rotatable bonds is 11. The van der Waals surface area contributed by atoms with Crippen molar-refractivity contribution in [3.05, 3.63) is 59.8 Å². The molecule has 194 valence electrons. The van der Waals surface area contributed by atoms with E-state index in [2.05, 4.69) is 29.4 Å². The molecule has 2 atom stereocenters. The fourth-order valence-corrected chi connectivity index (χ4v) is 5.45. The first-order valence-corrected chi connectivity index (χ1v) is 13.0. The Labute approximate surface area is 212 Å². The molecule has 0 radical (unpaired) electrons. The molecule has 10 heteroatoms. The third-order valence-corrected chi connectivity index (χ3v) is 7.49. The number of nitrogens with one attached hydrogen (secondary N) is 2. The quantitative estimate of drug-likeness (QED) is 0.184. The summed E-state index contributed by atoms with van der Waals surface area (Å²) >= 11 is 1.51. The molecule has 0 aliphatic carbocycles. The lowest BCUT2D eigenvalue weighted by atomic mass is 10.0. The summed E-state index contributed by atoms with van der Waals surface area (Å²) < 4.78 is 42.5. The number of aliphatic hydroxyl groups excluding tert-OH is 1. The van der Waals surface area contributed by atoms with Gasteiger partial charge in [-0.1, -0.05) is 55.5 Å². The first-order valence-electron chi connectivity index (χ1n) is 12.1. The minimum Gasteiger partial charge on any atom is -0.374 e. The Balaban J connectivity index is 1.47. The Morgan fingerprint density at radius 1 is 1.08 bits per heavy atom. The molecule has 2 aromatic carbocycles. The zero-order chi connectivity index (χ0) is 25.9. The summed E-state index contributed by atoms with van der Waals surface area (Å²) in [6.07, 6.45) is -2.25. The third kappa shape index (κ3) is 5.73. The van der Waals surface area contributed by atoms with Crippen molar-refractivity contribution in [3.8, 4) is 11.3 Å². The van der Waals surface area contributed by atoms with E-state index in [9.17, 15) is 18.3 Å². The van der Waals surface area contributed by atoms with Crippen LogP contribution >= 0.6 is 11.3 Å². The molecular formula is C26H32F3N5OS. The summed E-state index contributed by atoms with van der Waals surface area (Å²) in [6, 6.07) is 10.4. The predicted molar refractivity (Wildman–Crippen MR) is 139 cm³/mol. The van der Waals surface area contributed by atoms with Gasteiger partial charge in [0, 0.05) is 11.8 Å². The molecule has 4 rings (SSSR count). The molecule has 0 saturated carbocycles. The fraction of sp³-hybridized carbons (Fsp3) is 0.423. The lowest BCUT2D eigenvalue weighted by molar-refractivity contribution is -0.156. The molecule has 4 aromatic rings. The van der Waals surface area contributed by atoms with Gasteiger partial charge in [-0.2, -0.15) is 13.2 Å². The molecule has 0 spiro atoms. The highest BCUT2D eigenvalue weighted by Crippen LogP contribution is 2.34. The maximum Gasteiger partial charge on any atom is 0.407 e. The molecule has 2 heterocycles. The highest BCUT2D eigenvalue weighted by atomic mass is 32.1. The third-order valence-electron chi connectivity index (χ3n) is 6.47. The molecule has 6 nitrogen and oxygen atoms in total. The van der Waals surface area contributed by atoms with E-state index < -0.39 is 18.4 Å². The fourth-order valence-electron chi connectivity index (χ4n) is 4.39. The Morgan fingerprint density at radius 2 is 1.78 bits per heavy atom. The minimum absolute atomic E-state index is 0.160. The van der Waals surface area contributed by atoms with E-state index in [-0.39, 0.29) is 5.56 Å². The number of thiazole rings is 1. The number of aromatic nitrogens is 2. The minimum atomic E-state index is -4.36. The van der Waals surface area contributed by atoms with Crippen LogP contribution in [0.25, 0.3) is 26.4 Å². The Hall–Kier alpha value is -2.50. The van der Waals surface area contributed by atoms with E-state index in [0.717, 1.165) is 58.9 Å². The van der Waals surface area contributed by atoms with Crippen molar-refractivity contribution in [2.24, 2.45) is 0 Å². The second kappa shape index (κ2) is 11.3. The van der Waals surface area contributed by atoms with Crippen molar-refractivity contribution in [2.75, 3.05) is 33.2 Å². The smallest absolute Gasteiger partial charge is 0.374 e. The normalized spacial score (nSPS) is 14.2. The summed E-state index contributed by atoms with van der Waals surface area (Å²) in [5.41, 5.74) is 3.38. The zero-order valence-corrected chi connectivity index (χ0v) is 21.5. The van der Waals surface area contributed by atoms with Crippen LogP contribution in [-0.2, 0) is 0 Å². The SMILES string of the molecule is CCN(CC)CCCNC(O)c1ccc2c(c1)sc1nc(-c3ccc(C(NC)C(F)(F)F)cc3)cn12. The molecule has 0 amide bonds. The van der Waals surface area contributed by atoms with E-state index in [4.69, 9.17) is 4.98 Å². The van der Waals surface area contributed by atoms with Crippen LogP contribution in [0.2, 0.25) is 0 Å². The number of hydrogen-bond donors (Lipinski definition) is 3. The van der Waals surface area contributed by atoms with Gasteiger partial charge in [0.25, 0.3) is 0 Å². The van der Waals surface area contributed by atoms with Gasteiger partial charge in [0.1, 0.15) is 12.3 Å². The van der Waals surface area contributed by atoms with Crippen LogP contribution in [0.15, 0.2) is 48.7 Å². The second-order valence-corrected chi connectivity index (χ2v) is 9.74. The number of benzene rings is 2. The number of aliphatic hydroxyl groups is 1. The molecule has 2 aromatic heterocycles. The number of alkyl halides is 3. The van der Waals surface area contributed by atoms with Crippen molar-refractivity contribution < 1.29 is 18.3 Å². The highest BCUT2D eigenvalue weighted by Gasteiger charge is 2.39. The molecule has 0 aliphatic heterocycles.